The third-order valence-corrected chi connectivity index (χ3v) is 2.69. The third kappa shape index (κ3) is 2.71. The maximum absolute atomic E-state index is 8.62. The van der Waals surface area contributed by atoms with Crippen LogP contribution in [0.1, 0.15) is 12.0 Å². The van der Waals surface area contributed by atoms with Gasteiger partial charge in [-0.2, -0.15) is 0 Å². The fourth-order valence-electron chi connectivity index (χ4n) is 1.84. The van der Waals surface area contributed by atoms with E-state index in [1.165, 1.54) is 16.3 Å². The van der Waals surface area contributed by atoms with Crippen LogP contribution in [0.3, 0.4) is 0 Å². The van der Waals surface area contributed by atoms with Crippen LogP contribution in [-0.4, -0.2) is 11.7 Å². The quantitative estimate of drug-likeness (QED) is 0.771. The molecule has 0 aliphatic carbocycles. The molecule has 0 unspecified atom stereocenters. The zero-order valence-corrected chi connectivity index (χ0v) is 9.26. The first-order valence-corrected chi connectivity index (χ1v) is 5.63. The van der Waals surface area contributed by atoms with Crippen molar-refractivity contribution in [2.24, 2.45) is 0 Å². The van der Waals surface area contributed by atoms with E-state index in [4.69, 9.17) is 5.11 Å². The zero-order chi connectivity index (χ0) is 11.2. The van der Waals surface area contributed by atoms with Crippen LogP contribution in [0, 0.1) is 0 Å². The highest BCUT2D eigenvalue weighted by Crippen LogP contribution is 2.16. The van der Waals surface area contributed by atoms with Gasteiger partial charge in [-0.25, -0.2) is 0 Å². The van der Waals surface area contributed by atoms with Crippen LogP contribution in [-0.2, 0) is 6.42 Å². The highest BCUT2D eigenvalue weighted by atomic mass is 16.2. The fraction of sp³-hybridized carbons (Fsp3) is 0.200. The molecule has 2 aromatic rings. The molecule has 1 nitrogen and oxygen atoms in total. The molecule has 0 aromatic heterocycles. The van der Waals surface area contributed by atoms with Gasteiger partial charge in [-0.15, -0.1) is 0 Å². The van der Waals surface area contributed by atoms with E-state index >= 15 is 0 Å². The summed E-state index contributed by atoms with van der Waals surface area (Å²) in [7, 11) is 0. The summed E-state index contributed by atoms with van der Waals surface area (Å²) in [4.78, 5) is 0. The number of allylic oxidation sites excluding steroid dienone is 1. The van der Waals surface area contributed by atoms with Crippen LogP contribution in [0.5, 0.6) is 0 Å². The molecular formula is C15H16O. The molecule has 2 aromatic carbocycles. The average molecular weight is 212 g/mol. The molecule has 0 aliphatic rings. The largest absolute Gasteiger partial charge is 0.392 e. The molecule has 0 atom stereocenters. The van der Waals surface area contributed by atoms with Gasteiger partial charge in [-0.05, 0) is 29.2 Å². The normalized spacial score (nSPS) is 11.3. The van der Waals surface area contributed by atoms with Crippen LogP contribution in [0.2, 0.25) is 0 Å². The molecule has 2 rings (SSSR count). The van der Waals surface area contributed by atoms with E-state index in [1.54, 1.807) is 6.08 Å². The summed E-state index contributed by atoms with van der Waals surface area (Å²) in [5.41, 5.74) is 1.35. The van der Waals surface area contributed by atoms with Gasteiger partial charge in [-0.1, -0.05) is 54.6 Å². The highest BCUT2D eigenvalue weighted by Gasteiger charge is 1.94. The van der Waals surface area contributed by atoms with Crippen LogP contribution in [0.4, 0.5) is 0 Å². The summed E-state index contributed by atoms with van der Waals surface area (Å²) in [5.74, 6) is 0. The molecule has 1 heteroatoms. The van der Waals surface area contributed by atoms with Crippen molar-refractivity contribution in [3.63, 3.8) is 0 Å². The standard InChI is InChI=1S/C15H16O/c16-11-5-1-2-6-13-9-10-14-7-3-4-8-15(14)12-13/h1,3-5,7-10,12,16H,2,6,11H2. The second kappa shape index (κ2) is 5.47. The van der Waals surface area contributed by atoms with Crippen molar-refractivity contribution in [3.8, 4) is 0 Å². The molecule has 0 radical (unpaired) electrons. The molecule has 1 N–H and O–H groups in total. The maximum atomic E-state index is 8.62. The van der Waals surface area contributed by atoms with Crippen molar-refractivity contribution in [3.05, 3.63) is 60.2 Å². The lowest BCUT2D eigenvalue weighted by atomic mass is 10.0. The number of fused-ring (bicyclic) bond motifs is 1. The van der Waals surface area contributed by atoms with Crippen molar-refractivity contribution in [1.82, 2.24) is 0 Å². The third-order valence-electron chi connectivity index (χ3n) is 2.69. The number of rotatable bonds is 4. The Morgan fingerprint density at radius 1 is 0.938 bits per heavy atom. The van der Waals surface area contributed by atoms with E-state index < -0.39 is 0 Å². The molecule has 0 saturated carbocycles. The maximum Gasteiger partial charge on any atom is 0.0612 e. The monoisotopic (exact) mass is 212 g/mol. The van der Waals surface area contributed by atoms with E-state index in [0.29, 0.717) is 0 Å². The minimum atomic E-state index is 0.137. The van der Waals surface area contributed by atoms with Crippen LogP contribution < -0.4 is 0 Å². The predicted molar refractivity (Wildman–Crippen MR) is 68.5 cm³/mol. The Hall–Kier alpha value is -1.60. The number of hydrogen-bond donors (Lipinski definition) is 1. The molecule has 0 fully saturated rings. The molecule has 0 heterocycles. The summed E-state index contributed by atoms with van der Waals surface area (Å²) in [6, 6.07) is 15.0. The molecule has 16 heavy (non-hydrogen) atoms. The van der Waals surface area contributed by atoms with Gasteiger partial charge >= 0.3 is 0 Å². The van der Waals surface area contributed by atoms with Gasteiger partial charge in [0.25, 0.3) is 0 Å². The summed E-state index contributed by atoms with van der Waals surface area (Å²) in [6.07, 6.45) is 5.83. The minimum Gasteiger partial charge on any atom is -0.392 e. The van der Waals surface area contributed by atoms with Gasteiger partial charge in [0.1, 0.15) is 0 Å². The van der Waals surface area contributed by atoms with E-state index in [9.17, 15) is 0 Å². The summed E-state index contributed by atoms with van der Waals surface area (Å²) in [5, 5.41) is 11.2. The lowest BCUT2D eigenvalue weighted by Crippen LogP contribution is -1.84. The van der Waals surface area contributed by atoms with Gasteiger partial charge < -0.3 is 5.11 Å². The number of aliphatic hydroxyl groups is 1. The molecular weight excluding hydrogens is 196 g/mol. The van der Waals surface area contributed by atoms with Gasteiger partial charge in [0.05, 0.1) is 6.61 Å². The smallest absolute Gasteiger partial charge is 0.0612 e. The zero-order valence-electron chi connectivity index (χ0n) is 9.26. The number of aliphatic hydroxyl groups excluding tert-OH is 1. The predicted octanol–water partition coefficient (Wildman–Crippen LogP) is 3.32. The van der Waals surface area contributed by atoms with Crippen molar-refractivity contribution in [2.45, 2.75) is 12.8 Å². The first-order chi connectivity index (χ1) is 7.90. The molecule has 0 amide bonds. The summed E-state index contributed by atoms with van der Waals surface area (Å²) in [6.45, 7) is 0.137. The van der Waals surface area contributed by atoms with Gasteiger partial charge in [0.15, 0.2) is 0 Å². The molecule has 0 bridgehead atoms. The molecule has 0 aliphatic heterocycles. The summed E-state index contributed by atoms with van der Waals surface area (Å²) >= 11 is 0. The van der Waals surface area contributed by atoms with Crippen molar-refractivity contribution in [1.29, 1.82) is 0 Å². The van der Waals surface area contributed by atoms with Gasteiger partial charge in [-0.3, -0.25) is 0 Å². The summed E-state index contributed by atoms with van der Waals surface area (Å²) < 4.78 is 0. The lowest BCUT2D eigenvalue weighted by molar-refractivity contribution is 0.342. The Bertz CT molecular complexity index is 486. The van der Waals surface area contributed by atoms with E-state index in [2.05, 4.69) is 42.5 Å². The van der Waals surface area contributed by atoms with Crippen molar-refractivity contribution >= 4 is 10.8 Å². The molecule has 82 valence electrons. The average Bonchev–Trinajstić information content (AvgIpc) is 2.34. The van der Waals surface area contributed by atoms with Gasteiger partial charge in [0, 0.05) is 0 Å². The fourth-order valence-corrected chi connectivity index (χ4v) is 1.84. The van der Waals surface area contributed by atoms with Crippen LogP contribution in [0.15, 0.2) is 54.6 Å². The Kier molecular flexibility index (Phi) is 3.73. The number of benzene rings is 2. The van der Waals surface area contributed by atoms with Gasteiger partial charge in [0.2, 0.25) is 0 Å². The molecule has 0 spiro atoms. The Balaban J connectivity index is 2.10. The number of hydrogen-bond acceptors (Lipinski definition) is 1. The molecule has 0 saturated heterocycles. The minimum absolute atomic E-state index is 0.137. The van der Waals surface area contributed by atoms with Crippen molar-refractivity contribution in [2.75, 3.05) is 6.61 Å². The van der Waals surface area contributed by atoms with E-state index in [1.807, 2.05) is 6.08 Å². The van der Waals surface area contributed by atoms with E-state index in [0.717, 1.165) is 12.8 Å². The van der Waals surface area contributed by atoms with Crippen LogP contribution >= 0.6 is 0 Å². The Labute approximate surface area is 96.0 Å². The van der Waals surface area contributed by atoms with Crippen molar-refractivity contribution < 1.29 is 5.11 Å². The number of aryl methyl sites for hydroxylation is 1. The first-order valence-electron chi connectivity index (χ1n) is 5.63. The topological polar surface area (TPSA) is 20.2 Å². The van der Waals surface area contributed by atoms with Crippen LogP contribution in [0.25, 0.3) is 10.8 Å². The Morgan fingerprint density at radius 2 is 1.75 bits per heavy atom. The SMILES string of the molecule is OCC=CCCc1ccc2ccccc2c1. The Morgan fingerprint density at radius 3 is 2.56 bits per heavy atom. The van der Waals surface area contributed by atoms with E-state index in [-0.39, 0.29) is 6.61 Å². The lowest BCUT2D eigenvalue weighted by Gasteiger charge is -2.01. The second-order valence-corrected chi connectivity index (χ2v) is 3.87. The second-order valence-electron chi connectivity index (χ2n) is 3.87. The first kappa shape index (κ1) is 10.9. The highest BCUT2D eigenvalue weighted by molar-refractivity contribution is 5.82.